The van der Waals surface area contributed by atoms with Crippen LogP contribution in [0.3, 0.4) is 0 Å². The largest absolute Gasteiger partial charge is 0.462 e. The maximum atomic E-state index is 12.0. The number of thiophene rings is 1. The fourth-order valence-corrected chi connectivity index (χ4v) is 3.44. The first kappa shape index (κ1) is 16.3. The quantitative estimate of drug-likeness (QED) is 0.518. The van der Waals surface area contributed by atoms with Crippen molar-refractivity contribution in [3.05, 3.63) is 29.4 Å². The zero-order chi connectivity index (χ0) is 16.9. The van der Waals surface area contributed by atoms with Gasteiger partial charge in [0.05, 0.1) is 12.0 Å². The Morgan fingerprint density at radius 2 is 2.25 bits per heavy atom. The molecule has 0 aliphatic rings. The fraction of sp³-hybridized carbons (Fsp3) is 0.400. The van der Waals surface area contributed by atoms with Crippen molar-refractivity contribution in [2.45, 2.75) is 26.8 Å². The van der Waals surface area contributed by atoms with Gasteiger partial charge in [0.2, 0.25) is 0 Å². The molecule has 3 rings (SSSR count). The third-order valence-corrected chi connectivity index (χ3v) is 4.69. The van der Waals surface area contributed by atoms with Crippen LogP contribution in [-0.2, 0) is 11.3 Å². The zero-order valence-corrected chi connectivity index (χ0v) is 14.3. The molecule has 0 aromatic carbocycles. The summed E-state index contributed by atoms with van der Waals surface area (Å²) < 4.78 is 6.89. The van der Waals surface area contributed by atoms with E-state index in [2.05, 4.69) is 25.4 Å². The van der Waals surface area contributed by atoms with E-state index < -0.39 is 0 Å². The molecule has 0 bridgehead atoms. The average molecular weight is 346 g/mol. The van der Waals surface area contributed by atoms with Gasteiger partial charge in [-0.1, -0.05) is 0 Å². The second-order valence-corrected chi connectivity index (χ2v) is 6.12. The number of hydrogen-bond donors (Lipinski definition) is 1. The molecule has 0 atom stereocenters. The molecule has 0 aliphatic heterocycles. The lowest BCUT2D eigenvalue weighted by Crippen LogP contribution is -2.08. The summed E-state index contributed by atoms with van der Waals surface area (Å²) >= 11 is 1.34. The minimum atomic E-state index is -0.310. The van der Waals surface area contributed by atoms with Gasteiger partial charge in [0.1, 0.15) is 34.5 Å². The van der Waals surface area contributed by atoms with Gasteiger partial charge in [-0.15, -0.1) is 11.3 Å². The first-order chi connectivity index (χ1) is 11.7. The van der Waals surface area contributed by atoms with Crippen LogP contribution in [0, 0.1) is 6.92 Å². The Morgan fingerprint density at radius 1 is 1.38 bits per heavy atom. The predicted octanol–water partition coefficient (Wildman–Crippen LogP) is 2.27. The molecule has 9 heteroatoms. The summed E-state index contributed by atoms with van der Waals surface area (Å²) in [5.74, 6) is 0.429. The maximum Gasteiger partial charge on any atom is 0.348 e. The predicted molar refractivity (Wildman–Crippen MR) is 91.2 cm³/mol. The molecule has 3 aromatic rings. The number of rotatable bonds is 7. The minimum Gasteiger partial charge on any atom is -0.462 e. The van der Waals surface area contributed by atoms with E-state index >= 15 is 0 Å². The van der Waals surface area contributed by atoms with Gasteiger partial charge in [0.25, 0.3) is 0 Å². The van der Waals surface area contributed by atoms with Gasteiger partial charge in [-0.05, 0) is 25.8 Å². The SMILES string of the molecule is CCOC(=O)c1sc2ncnc(NCCCn3cncn3)c2c1C. The number of nitrogens with zero attached hydrogens (tertiary/aromatic N) is 5. The van der Waals surface area contributed by atoms with Gasteiger partial charge < -0.3 is 10.1 Å². The van der Waals surface area contributed by atoms with E-state index in [-0.39, 0.29) is 5.97 Å². The standard InChI is InChI=1S/C15H18N6O2S/c1-3-23-15(22)12-10(2)11-13(18-8-19-14(11)24-12)17-5-4-6-21-9-16-7-20-21/h7-9H,3-6H2,1-2H3,(H,17,18,19). The summed E-state index contributed by atoms with van der Waals surface area (Å²) in [7, 11) is 0. The van der Waals surface area contributed by atoms with E-state index in [1.54, 1.807) is 17.9 Å². The zero-order valence-electron chi connectivity index (χ0n) is 13.5. The molecule has 3 heterocycles. The summed E-state index contributed by atoms with van der Waals surface area (Å²) in [5, 5.41) is 8.27. The molecule has 0 fully saturated rings. The molecule has 3 aromatic heterocycles. The molecule has 0 amide bonds. The molecule has 8 nitrogen and oxygen atoms in total. The van der Waals surface area contributed by atoms with Gasteiger partial charge >= 0.3 is 5.97 Å². The molecule has 0 saturated heterocycles. The van der Waals surface area contributed by atoms with E-state index in [4.69, 9.17) is 4.74 Å². The number of ether oxygens (including phenoxy) is 1. The van der Waals surface area contributed by atoms with Crippen LogP contribution in [0.5, 0.6) is 0 Å². The Hall–Kier alpha value is -2.55. The van der Waals surface area contributed by atoms with Crippen LogP contribution in [-0.4, -0.2) is 43.9 Å². The van der Waals surface area contributed by atoms with E-state index in [9.17, 15) is 4.79 Å². The number of esters is 1. The van der Waals surface area contributed by atoms with Crippen LogP contribution < -0.4 is 5.32 Å². The number of nitrogens with one attached hydrogen (secondary N) is 1. The Morgan fingerprint density at radius 3 is 3.00 bits per heavy atom. The van der Waals surface area contributed by atoms with Gasteiger partial charge in [-0.25, -0.2) is 19.7 Å². The van der Waals surface area contributed by atoms with Crippen molar-refractivity contribution in [3.63, 3.8) is 0 Å². The summed E-state index contributed by atoms with van der Waals surface area (Å²) in [6.45, 7) is 5.55. The van der Waals surface area contributed by atoms with E-state index in [0.29, 0.717) is 11.5 Å². The van der Waals surface area contributed by atoms with E-state index in [1.807, 2.05) is 6.92 Å². The lowest BCUT2D eigenvalue weighted by atomic mass is 10.2. The molecule has 1 N–H and O–H groups in total. The summed E-state index contributed by atoms with van der Waals surface area (Å²) in [6, 6.07) is 0. The van der Waals surface area contributed by atoms with Crippen LogP contribution in [0.2, 0.25) is 0 Å². The number of fused-ring (bicyclic) bond motifs is 1. The monoisotopic (exact) mass is 346 g/mol. The molecule has 126 valence electrons. The first-order valence-electron chi connectivity index (χ1n) is 7.68. The average Bonchev–Trinajstić information content (AvgIpc) is 3.20. The van der Waals surface area contributed by atoms with Crippen LogP contribution in [0.15, 0.2) is 19.0 Å². The van der Waals surface area contributed by atoms with Crippen LogP contribution in [0.25, 0.3) is 10.2 Å². The van der Waals surface area contributed by atoms with Gasteiger partial charge in [-0.3, -0.25) is 4.68 Å². The fourth-order valence-electron chi connectivity index (χ4n) is 2.39. The van der Waals surface area contributed by atoms with Crippen molar-refractivity contribution in [3.8, 4) is 0 Å². The van der Waals surface area contributed by atoms with Gasteiger partial charge in [0.15, 0.2) is 0 Å². The Bertz CT molecular complexity index is 830. The first-order valence-corrected chi connectivity index (χ1v) is 8.49. The molecule has 0 aliphatic carbocycles. The highest BCUT2D eigenvalue weighted by molar-refractivity contribution is 7.20. The highest BCUT2D eigenvalue weighted by atomic mass is 32.1. The number of anilines is 1. The third-order valence-electron chi connectivity index (χ3n) is 3.51. The third kappa shape index (κ3) is 3.35. The van der Waals surface area contributed by atoms with Crippen molar-refractivity contribution < 1.29 is 9.53 Å². The smallest absolute Gasteiger partial charge is 0.348 e. The van der Waals surface area contributed by atoms with E-state index in [0.717, 1.165) is 41.1 Å². The maximum absolute atomic E-state index is 12.0. The van der Waals surface area contributed by atoms with Crippen molar-refractivity contribution in [2.75, 3.05) is 18.5 Å². The second kappa shape index (κ2) is 7.35. The highest BCUT2D eigenvalue weighted by Crippen LogP contribution is 2.33. The van der Waals surface area contributed by atoms with Crippen molar-refractivity contribution in [1.82, 2.24) is 24.7 Å². The molecular weight excluding hydrogens is 328 g/mol. The second-order valence-electron chi connectivity index (χ2n) is 5.12. The van der Waals surface area contributed by atoms with E-state index in [1.165, 1.54) is 24.0 Å². The van der Waals surface area contributed by atoms with Crippen molar-refractivity contribution in [1.29, 1.82) is 0 Å². The van der Waals surface area contributed by atoms with Crippen LogP contribution in [0.4, 0.5) is 5.82 Å². The summed E-state index contributed by atoms with van der Waals surface area (Å²) in [5.41, 5.74) is 0.854. The molecule has 24 heavy (non-hydrogen) atoms. The van der Waals surface area contributed by atoms with Crippen LogP contribution in [0.1, 0.15) is 28.6 Å². The van der Waals surface area contributed by atoms with Crippen LogP contribution >= 0.6 is 11.3 Å². The molecule has 0 saturated carbocycles. The topological polar surface area (TPSA) is 94.8 Å². The molecule has 0 spiro atoms. The summed E-state index contributed by atoms with van der Waals surface area (Å²) in [4.78, 5) is 25.9. The Kier molecular flexibility index (Phi) is 4.99. The lowest BCUT2D eigenvalue weighted by molar-refractivity contribution is 0.0531. The normalized spacial score (nSPS) is 10.9. The summed E-state index contributed by atoms with van der Waals surface area (Å²) in [6.07, 6.45) is 5.60. The number of aryl methyl sites for hydroxylation is 2. The number of carbonyl (C=O) groups excluding carboxylic acids is 1. The highest BCUT2D eigenvalue weighted by Gasteiger charge is 2.19. The number of aromatic nitrogens is 5. The lowest BCUT2D eigenvalue weighted by Gasteiger charge is -2.07. The minimum absolute atomic E-state index is 0.310. The van der Waals surface area contributed by atoms with Crippen molar-refractivity contribution >= 4 is 33.3 Å². The number of carbonyl (C=O) groups is 1. The van der Waals surface area contributed by atoms with Gasteiger partial charge in [-0.2, -0.15) is 5.10 Å². The Labute approximate surface area is 142 Å². The molecule has 0 radical (unpaired) electrons. The molecular formula is C15H18N6O2S. The van der Waals surface area contributed by atoms with Gasteiger partial charge in [0, 0.05) is 13.1 Å². The molecule has 0 unspecified atom stereocenters. The number of hydrogen-bond acceptors (Lipinski definition) is 8. The Balaban J connectivity index is 1.74. The van der Waals surface area contributed by atoms with Crippen molar-refractivity contribution in [2.24, 2.45) is 0 Å².